The van der Waals surface area contributed by atoms with Crippen molar-refractivity contribution in [2.75, 3.05) is 0 Å². The second-order valence-corrected chi connectivity index (χ2v) is 4.67. The van der Waals surface area contributed by atoms with Gasteiger partial charge in [0, 0.05) is 18.3 Å². The Balaban J connectivity index is 1.72. The van der Waals surface area contributed by atoms with Crippen molar-refractivity contribution in [1.29, 1.82) is 0 Å². The molecule has 0 radical (unpaired) electrons. The monoisotopic (exact) mass is 257 g/mol. The van der Waals surface area contributed by atoms with Crippen LogP contribution in [0.15, 0.2) is 35.2 Å². The summed E-state index contributed by atoms with van der Waals surface area (Å²) in [6.07, 6.45) is 7.99. The molecular weight excluding hydrogens is 242 g/mol. The Morgan fingerprint density at radius 2 is 2.21 bits per heavy atom. The lowest BCUT2D eigenvalue weighted by Gasteiger charge is -2.24. The average Bonchev–Trinajstić information content (AvgIpc) is 2.88. The number of carbonyl (C=O) groups excluding carboxylic acids is 1. The van der Waals surface area contributed by atoms with Crippen molar-refractivity contribution < 1.29 is 9.21 Å². The Bertz CT molecular complexity index is 562. The van der Waals surface area contributed by atoms with Gasteiger partial charge in [0.25, 0.3) is 0 Å². The van der Waals surface area contributed by atoms with Crippen LogP contribution in [-0.2, 0) is 11.3 Å². The number of carbonyl (C=O) groups is 1. The summed E-state index contributed by atoms with van der Waals surface area (Å²) in [6.45, 7) is 0.388. The fourth-order valence-electron chi connectivity index (χ4n) is 2.10. The number of nitrogens with one attached hydrogen (secondary N) is 1. The van der Waals surface area contributed by atoms with Gasteiger partial charge in [-0.1, -0.05) is 6.42 Å². The van der Waals surface area contributed by atoms with Crippen molar-refractivity contribution in [3.63, 3.8) is 0 Å². The van der Waals surface area contributed by atoms with Gasteiger partial charge in [0.2, 0.25) is 5.91 Å². The molecule has 1 amide bonds. The Kier molecular flexibility index (Phi) is 3.27. The maximum atomic E-state index is 11.8. The first-order chi connectivity index (χ1) is 9.34. The second-order valence-electron chi connectivity index (χ2n) is 4.67. The third kappa shape index (κ3) is 2.50. The van der Waals surface area contributed by atoms with Crippen LogP contribution >= 0.6 is 0 Å². The number of rotatable bonds is 4. The van der Waals surface area contributed by atoms with Crippen molar-refractivity contribution in [2.24, 2.45) is 5.92 Å². The maximum absolute atomic E-state index is 11.8. The first-order valence-corrected chi connectivity index (χ1v) is 6.46. The van der Waals surface area contributed by atoms with E-state index < -0.39 is 0 Å². The van der Waals surface area contributed by atoms with Gasteiger partial charge in [-0.25, -0.2) is 4.98 Å². The summed E-state index contributed by atoms with van der Waals surface area (Å²) in [5, 5.41) is 2.92. The summed E-state index contributed by atoms with van der Waals surface area (Å²) in [6, 6.07) is 3.64. The second kappa shape index (κ2) is 5.22. The maximum Gasteiger partial charge on any atom is 0.223 e. The summed E-state index contributed by atoms with van der Waals surface area (Å²) >= 11 is 0. The number of nitrogens with zero attached hydrogens (tertiary/aromatic N) is 2. The van der Waals surface area contributed by atoms with Crippen LogP contribution in [0.1, 0.15) is 25.0 Å². The molecule has 0 atom stereocenters. The smallest absolute Gasteiger partial charge is 0.223 e. The van der Waals surface area contributed by atoms with Gasteiger partial charge in [-0.3, -0.25) is 9.78 Å². The summed E-state index contributed by atoms with van der Waals surface area (Å²) in [5.74, 6) is 0.965. The third-order valence-electron chi connectivity index (χ3n) is 3.43. The molecule has 0 aromatic carbocycles. The molecule has 0 aliphatic heterocycles. The molecule has 1 aliphatic rings. The van der Waals surface area contributed by atoms with Crippen LogP contribution in [0.5, 0.6) is 0 Å². The van der Waals surface area contributed by atoms with Crippen LogP contribution in [0.4, 0.5) is 0 Å². The van der Waals surface area contributed by atoms with Gasteiger partial charge in [-0.05, 0) is 25.0 Å². The molecule has 0 unspecified atom stereocenters. The van der Waals surface area contributed by atoms with E-state index in [-0.39, 0.29) is 11.8 Å². The topological polar surface area (TPSA) is 68.0 Å². The van der Waals surface area contributed by atoms with Crippen molar-refractivity contribution >= 4 is 5.91 Å². The van der Waals surface area contributed by atoms with Gasteiger partial charge in [0.1, 0.15) is 5.69 Å². The fourth-order valence-corrected chi connectivity index (χ4v) is 2.10. The minimum atomic E-state index is 0.113. The minimum Gasteiger partial charge on any atom is -0.463 e. The molecular formula is C14H15N3O2. The van der Waals surface area contributed by atoms with Crippen LogP contribution in [0, 0.1) is 5.92 Å². The minimum absolute atomic E-state index is 0.113. The Labute approximate surface area is 111 Å². The van der Waals surface area contributed by atoms with Crippen LogP contribution in [0.2, 0.25) is 0 Å². The zero-order valence-electron chi connectivity index (χ0n) is 10.5. The third-order valence-corrected chi connectivity index (χ3v) is 3.43. The molecule has 5 heteroatoms. The Morgan fingerprint density at radius 3 is 2.89 bits per heavy atom. The lowest BCUT2D eigenvalue weighted by molar-refractivity contribution is -0.127. The van der Waals surface area contributed by atoms with Crippen LogP contribution in [0.25, 0.3) is 11.5 Å². The molecule has 2 aromatic rings. The molecule has 0 bridgehead atoms. The largest absolute Gasteiger partial charge is 0.463 e. The Morgan fingerprint density at radius 1 is 1.37 bits per heavy atom. The molecule has 1 aliphatic carbocycles. The van der Waals surface area contributed by atoms with E-state index in [0.29, 0.717) is 18.0 Å². The van der Waals surface area contributed by atoms with E-state index in [2.05, 4.69) is 15.3 Å². The zero-order chi connectivity index (χ0) is 13.1. The summed E-state index contributed by atoms with van der Waals surface area (Å²) in [7, 11) is 0. The van der Waals surface area contributed by atoms with Gasteiger partial charge in [-0.15, -0.1) is 0 Å². The van der Waals surface area contributed by atoms with Crippen molar-refractivity contribution in [1.82, 2.24) is 15.3 Å². The van der Waals surface area contributed by atoms with Crippen molar-refractivity contribution in [2.45, 2.75) is 25.8 Å². The highest BCUT2D eigenvalue weighted by Gasteiger charge is 2.25. The molecule has 2 heterocycles. The standard InChI is InChI=1S/C14H15N3O2/c18-14(10-3-1-4-10)17-9-11-13(16-7-6-15-11)12-5-2-8-19-12/h2,5-8,10H,1,3-4,9H2,(H,17,18). The molecule has 5 nitrogen and oxygen atoms in total. The summed E-state index contributed by atoms with van der Waals surface area (Å²) in [4.78, 5) is 20.4. The summed E-state index contributed by atoms with van der Waals surface area (Å²) < 4.78 is 5.33. The first kappa shape index (κ1) is 11.9. The van der Waals surface area contributed by atoms with E-state index in [1.165, 1.54) is 0 Å². The van der Waals surface area contributed by atoms with Crippen molar-refractivity contribution in [3.8, 4) is 11.5 Å². The van der Waals surface area contributed by atoms with E-state index >= 15 is 0 Å². The van der Waals surface area contributed by atoms with Gasteiger partial charge >= 0.3 is 0 Å². The number of aromatic nitrogens is 2. The van der Waals surface area contributed by atoms with Gasteiger partial charge < -0.3 is 9.73 Å². The molecule has 2 aromatic heterocycles. The van der Waals surface area contributed by atoms with Crippen molar-refractivity contribution in [3.05, 3.63) is 36.5 Å². The number of hydrogen-bond acceptors (Lipinski definition) is 4. The number of amides is 1. The quantitative estimate of drug-likeness (QED) is 0.911. The van der Waals surface area contributed by atoms with Crippen LogP contribution < -0.4 is 5.32 Å². The molecule has 0 saturated heterocycles. The first-order valence-electron chi connectivity index (χ1n) is 6.46. The van der Waals surface area contributed by atoms with Crippen LogP contribution in [-0.4, -0.2) is 15.9 Å². The lowest BCUT2D eigenvalue weighted by atomic mass is 9.85. The normalized spacial score (nSPS) is 14.9. The lowest BCUT2D eigenvalue weighted by Crippen LogP contribution is -2.34. The highest BCUT2D eigenvalue weighted by Crippen LogP contribution is 2.26. The average molecular weight is 257 g/mol. The predicted molar refractivity (Wildman–Crippen MR) is 68.9 cm³/mol. The van der Waals surface area contributed by atoms with Crippen LogP contribution in [0.3, 0.4) is 0 Å². The molecule has 1 saturated carbocycles. The van der Waals surface area contributed by atoms with E-state index in [1.54, 1.807) is 24.7 Å². The zero-order valence-corrected chi connectivity index (χ0v) is 10.5. The predicted octanol–water partition coefficient (Wildman–Crippen LogP) is 2.15. The molecule has 19 heavy (non-hydrogen) atoms. The SMILES string of the molecule is O=C(NCc1nccnc1-c1ccco1)C1CCC1. The molecule has 0 spiro atoms. The summed E-state index contributed by atoms with van der Waals surface area (Å²) in [5.41, 5.74) is 1.41. The van der Waals surface area contributed by atoms with E-state index in [0.717, 1.165) is 25.0 Å². The Hall–Kier alpha value is -2.17. The number of furan rings is 1. The molecule has 98 valence electrons. The molecule has 1 N–H and O–H groups in total. The highest BCUT2D eigenvalue weighted by atomic mass is 16.3. The molecule has 3 rings (SSSR count). The van der Waals surface area contributed by atoms with Gasteiger partial charge in [-0.2, -0.15) is 0 Å². The van der Waals surface area contributed by atoms with Gasteiger partial charge in [0.05, 0.1) is 18.5 Å². The fraction of sp³-hybridized carbons (Fsp3) is 0.357. The van der Waals surface area contributed by atoms with E-state index in [1.807, 2.05) is 6.07 Å². The highest BCUT2D eigenvalue weighted by molar-refractivity contribution is 5.79. The van der Waals surface area contributed by atoms with Gasteiger partial charge in [0.15, 0.2) is 5.76 Å². The van der Waals surface area contributed by atoms with E-state index in [4.69, 9.17) is 4.42 Å². The van der Waals surface area contributed by atoms with E-state index in [9.17, 15) is 4.79 Å². The number of hydrogen-bond donors (Lipinski definition) is 1. The molecule has 1 fully saturated rings.